The van der Waals surface area contributed by atoms with E-state index in [0.717, 1.165) is 16.1 Å². The van der Waals surface area contributed by atoms with E-state index in [1.165, 1.54) is 6.92 Å². The van der Waals surface area contributed by atoms with Crippen LogP contribution >= 0.6 is 15.9 Å². The predicted molar refractivity (Wildman–Crippen MR) is 89.0 cm³/mol. The molecule has 0 unspecified atom stereocenters. The summed E-state index contributed by atoms with van der Waals surface area (Å²) in [6.07, 6.45) is -3.89. The Morgan fingerprint density at radius 2 is 1.92 bits per heavy atom. The van der Waals surface area contributed by atoms with Gasteiger partial charge in [-0.05, 0) is 49.2 Å². The fraction of sp³-hybridized carbons (Fsp3) is 0.533. The molecule has 0 saturated heterocycles. The smallest absolute Gasteiger partial charge is 0.354 e. The highest BCUT2D eigenvalue weighted by molar-refractivity contribution is 9.10. The molecule has 2 aromatic rings. The first-order chi connectivity index (χ1) is 11.6. The van der Waals surface area contributed by atoms with E-state index in [4.69, 9.17) is 0 Å². The minimum atomic E-state index is -4.56. The summed E-state index contributed by atoms with van der Waals surface area (Å²) in [5, 5.41) is 10.5. The highest BCUT2D eigenvalue weighted by Gasteiger charge is 2.38. The summed E-state index contributed by atoms with van der Waals surface area (Å²) in [5.74, 6) is -0.389. The van der Waals surface area contributed by atoms with Crippen molar-refractivity contribution in [3.05, 3.63) is 33.3 Å². The Morgan fingerprint density at radius 1 is 1.24 bits per heavy atom. The topological polar surface area (TPSA) is 64.7 Å². The van der Waals surface area contributed by atoms with E-state index in [0.29, 0.717) is 19.5 Å². The molecule has 1 amide bonds. The van der Waals surface area contributed by atoms with Crippen molar-refractivity contribution >= 4 is 21.8 Å². The normalized spacial score (nSPS) is 11.8. The summed E-state index contributed by atoms with van der Waals surface area (Å²) in [6, 6.07) is 1.97. The molecule has 2 rings (SSSR count). The molecule has 0 fully saturated rings. The van der Waals surface area contributed by atoms with Crippen LogP contribution in [0.3, 0.4) is 0 Å². The molecular formula is C15H19BrF3N5O. The first kappa shape index (κ1) is 19.5. The van der Waals surface area contributed by atoms with Gasteiger partial charge in [-0.3, -0.25) is 14.2 Å². The van der Waals surface area contributed by atoms with Crippen LogP contribution in [0.1, 0.15) is 29.2 Å². The lowest BCUT2D eigenvalue weighted by Gasteiger charge is -2.08. The van der Waals surface area contributed by atoms with Crippen LogP contribution in [-0.4, -0.2) is 32.0 Å². The van der Waals surface area contributed by atoms with E-state index in [1.54, 1.807) is 0 Å². The number of alkyl halides is 3. The molecule has 0 saturated carbocycles. The van der Waals surface area contributed by atoms with Crippen molar-refractivity contribution in [2.45, 2.75) is 46.5 Å². The quantitative estimate of drug-likeness (QED) is 0.729. The average Bonchev–Trinajstić information content (AvgIpc) is 2.96. The van der Waals surface area contributed by atoms with Gasteiger partial charge in [0.25, 0.3) is 0 Å². The molecule has 0 bridgehead atoms. The van der Waals surface area contributed by atoms with Gasteiger partial charge in [0.15, 0.2) is 5.69 Å². The van der Waals surface area contributed by atoms with E-state index in [1.807, 2.05) is 24.6 Å². The Morgan fingerprint density at radius 3 is 2.44 bits per heavy atom. The van der Waals surface area contributed by atoms with Gasteiger partial charge in [0.2, 0.25) is 5.91 Å². The lowest BCUT2D eigenvalue weighted by Crippen LogP contribution is -2.30. The van der Waals surface area contributed by atoms with Crippen molar-refractivity contribution in [2.75, 3.05) is 6.54 Å². The van der Waals surface area contributed by atoms with Crippen LogP contribution < -0.4 is 5.32 Å². The molecular weight excluding hydrogens is 403 g/mol. The minimum absolute atomic E-state index is 0.141. The maximum absolute atomic E-state index is 12.8. The molecule has 0 radical (unpaired) electrons. The number of hydrogen-bond donors (Lipinski definition) is 1. The standard InChI is InChI=1S/C15H19BrF3N5O/c1-9-7-10(2)23(21-9)6-4-5-20-12(25)8-24-11(3)13(16)14(22-24)15(17,18)19/h7H,4-6,8H2,1-3H3,(H,20,25). The molecule has 2 aromatic heterocycles. The third kappa shape index (κ3) is 4.83. The summed E-state index contributed by atoms with van der Waals surface area (Å²) in [6.45, 7) is 6.14. The molecule has 0 aliphatic rings. The fourth-order valence-electron chi connectivity index (χ4n) is 2.41. The summed E-state index contributed by atoms with van der Waals surface area (Å²) in [7, 11) is 0. The first-order valence-electron chi connectivity index (χ1n) is 7.67. The van der Waals surface area contributed by atoms with Gasteiger partial charge in [0, 0.05) is 18.8 Å². The Hall–Kier alpha value is -1.84. The van der Waals surface area contributed by atoms with E-state index in [-0.39, 0.29) is 22.6 Å². The maximum atomic E-state index is 12.8. The van der Waals surface area contributed by atoms with Crippen LogP contribution in [0.15, 0.2) is 10.5 Å². The van der Waals surface area contributed by atoms with Gasteiger partial charge in [0.05, 0.1) is 15.9 Å². The van der Waals surface area contributed by atoms with Crippen LogP contribution in [0.5, 0.6) is 0 Å². The number of amides is 1. The summed E-state index contributed by atoms with van der Waals surface area (Å²) >= 11 is 2.88. The second-order valence-electron chi connectivity index (χ2n) is 5.76. The van der Waals surface area contributed by atoms with Gasteiger partial charge >= 0.3 is 6.18 Å². The second-order valence-corrected chi connectivity index (χ2v) is 6.55. The molecule has 0 aliphatic heterocycles. The average molecular weight is 422 g/mol. The van der Waals surface area contributed by atoms with Gasteiger partial charge in [0.1, 0.15) is 6.54 Å². The fourth-order valence-corrected chi connectivity index (χ4v) is 2.92. The molecule has 10 heteroatoms. The Kier molecular flexibility index (Phi) is 5.91. The van der Waals surface area contributed by atoms with Gasteiger partial charge < -0.3 is 5.32 Å². The van der Waals surface area contributed by atoms with Gasteiger partial charge in [-0.15, -0.1) is 0 Å². The zero-order chi connectivity index (χ0) is 18.8. The summed E-state index contributed by atoms with van der Waals surface area (Å²) < 4.78 is 41.2. The van der Waals surface area contributed by atoms with Crippen LogP contribution in [0.4, 0.5) is 13.2 Å². The van der Waals surface area contributed by atoms with E-state index in [9.17, 15) is 18.0 Å². The highest BCUT2D eigenvalue weighted by atomic mass is 79.9. The van der Waals surface area contributed by atoms with Crippen LogP contribution in [-0.2, 0) is 24.1 Å². The number of aromatic nitrogens is 4. The number of nitrogens with zero attached hydrogens (tertiary/aromatic N) is 4. The van der Waals surface area contributed by atoms with Crippen molar-refractivity contribution in [2.24, 2.45) is 0 Å². The second kappa shape index (κ2) is 7.59. The van der Waals surface area contributed by atoms with Gasteiger partial charge in [-0.1, -0.05) is 0 Å². The maximum Gasteiger partial charge on any atom is 0.436 e. The van der Waals surface area contributed by atoms with Crippen molar-refractivity contribution < 1.29 is 18.0 Å². The molecule has 25 heavy (non-hydrogen) atoms. The monoisotopic (exact) mass is 421 g/mol. The number of hydrogen-bond acceptors (Lipinski definition) is 3. The third-order valence-corrected chi connectivity index (χ3v) is 4.62. The van der Waals surface area contributed by atoms with Crippen molar-refractivity contribution in [1.82, 2.24) is 24.9 Å². The van der Waals surface area contributed by atoms with Crippen molar-refractivity contribution in [1.29, 1.82) is 0 Å². The van der Waals surface area contributed by atoms with Crippen molar-refractivity contribution in [3.63, 3.8) is 0 Å². The minimum Gasteiger partial charge on any atom is -0.354 e. The SMILES string of the molecule is Cc1cc(C)n(CCCNC(=O)Cn2nc(C(F)(F)F)c(Br)c2C)n1. The summed E-state index contributed by atoms with van der Waals surface area (Å²) in [4.78, 5) is 11.9. The van der Waals surface area contributed by atoms with Crippen LogP contribution in [0, 0.1) is 20.8 Å². The van der Waals surface area contributed by atoms with E-state index >= 15 is 0 Å². The lowest BCUT2D eigenvalue weighted by molar-refractivity contribution is -0.142. The molecule has 0 spiro atoms. The predicted octanol–water partition coefficient (Wildman–Crippen LogP) is 2.99. The summed E-state index contributed by atoms with van der Waals surface area (Å²) in [5.41, 5.74) is 1.20. The Balaban J connectivity index is 1.85. The van der Waals surface area contributed by atoms with E-state index < -0.39 is 11.9 Å². The number of carbonyl (C=O) groups excluding carboxylic acids is 1. The molecule has 1 N–H and O–H groups in total. The third-order valence-electron chi connectivity index (χ3n) is 3.67. The van der Waals surface area contributed by atoms with Gasteiger partial charge in [-0.25, -0.2) is 0 Å². The first-order valence-corrected chi connectivity index (χ1v) is 8.46. The molecule has 138 valence electrons. The van der Waals surface area contributed by atoms with Crippen molar-refractivity contribution in [3.8, 4) is 0 Å². The van der Waals surface area contributed by atoms with Crippen LogP contribution in [0.2, 0.25) is 0 Å². The molecule has 2 heterocycles. The Bertz CT molecular complexity index is 766. The zero-order valence-electron chi connectivity index (χ0n) is 14.1. The van der Waals surface area contributed by atoms with Crippen LogP contribution in [0.25, 0.3) is 0 Å². The van der Waals surface area contributed by atoms with E-state index in [2.05, 4.69) is 31.4 Å². The molecule has 0 atom stereocenters. The zero-order valence-corrected chi connectivity index (χ0v) is 15.7. The number of carbonyl (C=O) groups is 1. The Labute approximate surface area is 151 Å². The lowest BCUT2D eigenvalue weighted by atomic mass is 10.3. The number of aryl methyl sites for hydroxylation is 3. The number of nitrogens with one attached hydrogen (secondary N) is 1. The van der Waals surface area contributed by atoms with Gasteiger partial charge in [-0.2, -0.15) is 23.4 Å². The molecule has 6 nitrogen and oxygen atoms in total. The molecule has 0 aromatic carbocycles. The number of rotatable bonds is 6. The largest absolute Gasteiger partial charge is 0.436 e. The highest BCUT2D eigenvalue weighted by Crippen LogP contribution is 2.35. The molecule has 0 aliphatic carbocycles. The number of halogens is 4.